The number of hydrogen-bond donors (Lipinski definition) is 1. The minimum absolute atomic E-state index is 0.0630. The van der Waals surface area contributed by atoms with Gasteiger partial charge in [-0.1, -0.05) is 54.1 Å². The minimum atomic E-state index is -0.771. The van der Waals surface area contributed by atoms with Crippen molar-refractivity contribution < 1.29 is 23.9 Å². The Labute approximate surface area is 194 Å². The van der Waals surface area contributed by atoms with Gasteiger partial charge in [0, 0.05) is 6.54 Å². The van der Waals surface area contributed by atoms with Crippen LogP contribution in [0.25, 0.3) is 0 Å². The van der Waals surface area contributed by atoms with Crippen LogP contribution in [-0.2, 0) is 16.0 Å². The van der Waals surface area contributed by atoms with Gasteiger partial charge in [0.1, 0.15) is 0 Å². The molecule has 0 bridgehead atoms. The highest BCUT2D eigenvalue weighted by atomic mass is 35.5. The molecule has 0 aliphatic carbocycles. The summed E-state index contributed by atoms with van der Waals surface area (Å²) in [6, 6.07) is 20.2. The van der Waals surface area contributed by atoms with Gasteiger partial charge in [-0.2, -0.15) is 0 Å². The number of carbonyl (C=O) groups is 4. The Kier molecular flexibility index (Phi) is 6.51. The summed E-state index contributed by atoms with van der Waals surface area (Å²) in [5.74, 6) is -2.32. The molecule has 0 saturated carbocycles. The summed E-state index contributed by atoms with van der Waals surface area (Å²) < 4.78 is 5.06. The van der Waals surface area contributed by atoms with Gasteiger partial charge in [0.2, 0.25) is 0 Å². The molecule has 166 valence electrons. The lowest BCUT2D eigenvalue weighted by Gasteiger charge is -2.15. The van der Waals surface area contributed by atoms with Gasteiger partial charge in [0.05, 0.1) is 27.4 Å². The van der Waals surface area contributed by atoms with E-state index in [0.717, 1.165) is 10.5 Å². The first kappa shape index (κ1) is 22.2. The highest BCUT2D eigenvalue weighted by Gasteiger charge is 2.38. The fraction of sp³-hybridized carbons (Fsp3) is 0.120. The molecule has 3 aromatic carbocycles. The van der Waals surface area contributed by atoms with Crippen LogP contribution in [0.4, 0.5) is 5.69 Å². The second kappa shape index (κ2) is 9.67. The smallest absolute Gasteiger partial charge is 0.338 e. The Bertz CT molecular complexity index is 1240. The zero-order chi connectivity index (χ0) is 23.4. The van der Waals surface area contributed by atoms with Crippen molar-refractivity contribution in [3.05, 3.63) is 100 Å². The van der Waals surface area contributed by atoms with Gasteiger partial charge in [-0.25, -0.2) is 9.69 Å². The number of benzene rings is 3. The number of nitrogens with zero attached hydrogens (tertiary/aromatic N) is 1. The summed E-state index contributed by atoms with van der Waals surface area (Å²) in [6.45, 7) is -0.0446. The summed E-state index contributed by atoms with van der Waals surface area (Å²) >= 11 is 6.14. The van der Waals surface area contributed by atoms with E-state index in [1.807, 2.05) is 30.3 Å². The van der Waals surface area contributed by atoms with E-state index >= 15 is 0 Å². The summed E-state index contributed by atoms with van der Waals surface area (Å²) in [7, 11) is 0. The van der Waals surface area contributed by atoms with E-state index in [2.05, 4.69) is 5.32 Å². The molecule has 1 aliphatic rings. The molecule has 7 nitrogen and oxygen atoms in total. The quantitative estimate of drug-likeness (QED) is 0.427. The normalized spacial score (nSPS) is 12.5. The molecule has 0 saturated heterocycles. The minimum Gasteiger partial charge on any atom is -0.452 e. The summed E-state index contributed by atoms with van der Waals surface area (Å²) in [6.07, 6.45) is 0.656. The summed E-state index contributed by atoms with van der Waals surface area (Å²) in [4.78, 5) is 51.0. The molecule has 1 N–H and O–H groups in total. The Morgan fingerprint density at radius 3 is 2.33 bits per heavy atom. The third-order valence-corrected chi connectivity index (χ3v) is 5.45. The topological polar surface area (TPSA) is 92.8 Å². The molecular weight excluding hydrogens is 444 g/mol. The van der Waals surface area contributed by atoms with Crippen molar-refractivity contribution in [3.63, 3.8) is 0 Å². The maximum absolute atomic E-state index is 12.9. The van der Waals surface area contributed by atoms with Gasteiger partial charge in [-0.3, -0.25) is 14.4 Å². The molecule has 0 atom stereocenters. The van der Waals surface area contributed by atoms with Gasteiger partial charge < -0.3 is 10.1 Å². The van der Waals surface area contributed by atoms with Gasteiger partial charge >= 0.3 is 5.97 Å². The fourth-order valence-corrected chi connectivity index (χ4v) is 3.70. The maximum Gasteiger partial charge on any atom is 0.338 e. The number of ether oxygens (including phenoxy) is 1. The number of halogens is 1. The van der Waals surface area contributed by atoms with Crippen LogP contribution in [0, 0.1) is 0 Å². The Balaban J connectivity index is 1.37. The van der Waals surface area contributed by atoms with Gasteiger partial charge in [0.25, 0.3) is 17.7 Å². The third-order valence-electron chi connectivity index (χ3n) is 5.13. The standard InChI is InChI=1S/C25H19ClN2O5/c26-20-8-4-5-9-21(20)28-23(30)18-11-10-17(14-19(18)24(28)31)25(32)33-15-22(29)27-13-12-16-6-2-1-3-7-16/h1-11,14H,12-13,15H2,(H,27,29). The van der Waals surface area contributed by atoms with Crippen molar-refractivity contribution in [2.24, 2.45) is 0 Å². The number of nitrogens with one attached hydrogen (secondary N) is 1. The van der Waals surface area contributed by atoms with E-state index in [-0.39, 0.29) is 27.4 Å². The predicted octanol–water partition coefficient (Wildman–Crippen LogP) is 3.66. The SMILES string of the molecule is O=C(COC(=O)c1ccc2c(c1)C(=O)N(c1ccccc1Cl)C2=O)NCCc1ccccc1. The molecule has 3 amide bonds. The fourth-order valence-electron chi connectivity index (χ4n) is 3.48. The average Bonchev–Trinajstić information content (AvgIpc) is 3.08. The first-order valence-corrected chi connectivity index (χ1v) is 10.6. The zero-order valence-electron chi connectivity index (χ0n) is 17.4. The van der Waals surface area contributed by atoms with Crippen LogP contribution in [0.15, 0.2) is 72.8 Å². The second-order valence-corrected chi connectivity index (χ2v) is 7.73. The van der Waals surface area contributed by atoms with Gasteiger partial charge in [-0.05, 0) is 42.3 Å². The molecule has 4 rings (SSSR count). The number of carbonyl (C=O) groups excluding carboxylic acids is 4. The Morgan fingerprint density at radius 2 is 1.58 bits per heavy atom. The molecule has 8 heteroatoms. The highest BCUT2D eigenvalue weighted by Crippen LogP contribution is 2.33. The lowest BCUT2D eigenvalue weighted by Crippen LogP contribution is -2.30. The van der Waals surface area contributed by atoms with Crippen LogP contribution in [0.2, 0.25) is 5.02 Å². The van der Waals surface area contributed by atoms with E-state index < -0.39 is 30.3 Å². The number of para-hydroxylation sites is 1. The van der Waals surface area contributed by atoms with Crippen molar-refractivity contribution in [2.45, 2.75) is 6.42 Å². The molecule has 1 heterocycles. The average molecular weight is 463 g/mol. The van der Waals surface area contributed by atoms with Crippen molar-refractivity contribution in [1.82, 2.24) is 5.32 Å². The number of hydrogen-bond acceptors (Lipinski definition) is 5. The molecule has 0 unspecified atom stereocenters. The molecular formula is C25H19ClN2O5. The molecule has 3 aromatic rings. The maximum atomic E-state index is 12.9. The van der Waals surface area contributed by atoms with Crippen molar-refractivity contribution in [1.29, 1.82) is 0 Å². The van der Waals surface area contributed by atoms with E-state index in [1.165, 1.54) is 18.2 Å². The zero-order valence-corrected chi connectivity index (χ0v) is 18.2. The van der Waals surface area contributed by atoms with Crippen LogP contribution >= 0.6 is 11.6 Å². The Hall–Kier alpha value is -3.97. The monoisotopic (exact) mass is 462 g/mol. The third kappa shape index (κ3) is 4.78. The molecule has 33 heavy (non-hydrogen) atoms. The summed E-state index contributed by atoms with van der Waals surface area (Å²) in [5.41, 5.74) is 1.64. The van der Waals surface area contributed by atoms with E-state index in [0.29, 0.717) is 13.0 Å². The highest BCUT2D eigenvalue weighted by molar-refractivity contribution is 6.39. The van der Waals surface area contributed by atoms with Crippen molar-refractivity contribution in [2.75, 3.05) is 18.1 Å². The molecule has 0 spiro atoms. The first-order valence-electron chi connectivity index (χ1n) is 10.2. The largest absolute Gasteiger partial charge is 0.452 e. The van der Waals surface area contributed by atoms with Crippen molar-refractivity contribution >= 4 is 41.0 Å². The lowest BCUT2D eigenvalue weighted by molar-refractivity contribution is -0.124. The van der Waals surface area contributed by atoms with Crippen LogP contribution < -0.4 is 10.2 Å². The van der Waals surface area contributed by atoms with Crippen molar-refractivity contribution in [3.8, 4) is 0 Å². The number of amides is 3. The summed E-state index contributed by atoms with van der Waals surface area (Å²) in [5, 5.41) is 2.94. The number of fused-ring (bicyclic) bond motifs is 1. The first-order chi connectivity index (χ1) is 16.0. The van der Waals surface area contributed by atoms with Crippen LogP contribution in [0.5, 0.6) is 0 Å². The van der Waals surface area contributed by atoms with Crippen LogP contribution in [0.1, 0.15) is 36.6 Å². The number of rotatable bonds is 7. The lowest BCUT2D eigenvalue weighted by atomic mass is 10.1. The molecule has 0 radical (unpaired) electrons. The Morgan fingerprint density at radius 1 is 0.879 bits per heavy atom. The van der Waals surface area contributed by atoms with Crippen LogP contribution in [0.3, 0.4) is 0 Å². The molecule has 0 aromatic heterocycles. The number of esters is 1. The van der Waals surface area contributed by atoms with E-state index in [9.17, 15) is 19.2 Å². The number of imide groups is 1. The van der Waals surface area contributed by atoms with Crippen LogP contribution in [-0.4, -0.2) is 36.8 Å². The molecule has 1 aliphatic heterocycles. The second-order valence-electron chi connectivity index (χ2n) is 7.32. The van der Waals surface area contributed by atoms with Gasteiger partial charge in [0.15, 0.2) is 6.61 Å². The predicted molar refractivity (Wildman–Crippen MR) is 122 cm³/mol. The van der Waals surface area contributed by atoms with E-state index in [1.54, 1.807) is 24.3 Å². The number of anilines is 1. The van der Waals surface area contributed by atoms with E-state index in [4.69, 9.17) is 16.3 Å². The molecule has 0 fully saturated rings. The van der Waals surface area contributed by atoms with Gasteiger partial charge in [-0.15, -0.1) is 0 Å².